The summed E-state index contributed by atoms with van der Waals surface area (Å²) in [6.07, 6.45) is 0.457. The largest absolute Gasteiger partial charge is 1.00 e. The van der Waals surface area contributed by atoms with E-state index >= 15 is 0 Å². The molecule has 0 aliphatic carbocycles. The molecule has 0 heterocycles. The third-order valence-corrected chi connectivity index (χ3v) is 2.43. The van der Waals surface area contributed by atoms with Crippen molar-refractivity contribution in [2.24, 2.45) is 0 Å². The molecular formula is C4H11B3F12LiO3S-3. The molecule has 0 saturated carbocycles. The van der Waals surface area contributed by atoms with E-state index in [0.29, 0.717) is 6.42 Å². The van der Waals surface area contributed by atoms with Crippen LogP contribution in [0, 0.1) is 0 Å². The summed E-state index contributed by atoms with van der Waals surface area (Å²) in [5, 5.41) is -0.623. The zero-order valence-corrected chi connectivity index (χ0v) is 13.0. The Morgan fingerprint density at radius 2 is 0.917 bits per heavy atom. The number of hydrogen-bond acceptors (Lipinski definition) is 2. The van der Waals surface area contributed by atoms with Gasteiger partial charge in [0.2, 0.25) is 0 Å². The van der Waals surface area contributed by atoms with E-state index < -0.39 is 37.1 Å². The van der Waals surface area contributed by atoms with Gasteiger partial charge >= 0.3 is 40.6 Å². The van der Waals surface area contributed by atoms with Crippen LogP contribution in [0.15, 0.2) is 0 Å². The van der Waals surface area contributed by atoms with Crippen LogP contribution >= 0.6 is 0 Å². The molecule has 0 rings (SSSR count). The van der Waals surface area contributed by atoms with Crippen molar-refractivity contribution in [2.45, 2.75) is 25.5 Å². The van der Waals surface area contributed by atoms with Gasteiger partial charge in [0.25, 0.3) is 10.1 Å². The van der Waals surface area contributed by atoms with Crippen molar-refractivity contribution in [3.05, 3.63) is 0 Å². The molecule has 0 radical (unpaired) electrons. The molecule has 0 bridgehead atoms. The van der Waals surface area contributed by atoms with Crippen LogP contribution in [0.4, 0.5) is 51.8 Å². The Labute approximate surface area is 143 Å². The molecule has 148 valence electrons. The molecule has 0 aliphatic heterocycles. The summed E-state index contributed by atoms with van der Waals surface area (Å²) in [6.45, 7) is 3.17. The fourth-order valence-electron chi connectivity index (χ4n) is 0.211. The van der Waals surface area contributed by atoms with Crippen molar-refractivity contribution in [3.8, 4) is 0 Å². The summed E-state index contributed by atoms with van der Waals surface area (Å²) < 4.78 is 145. The Bertz CT molecular complexity index is 340. The first-order valence-corrected chi connectivity index (χ1v) is 6.57. The Kier molecular flexibility index (Phi) is 20.6. The number of halogens is 12. The molecule has 0 aromatic rings. The zero-order valence-electron chi connectivity index (χ0n) is 13.2. The average Bonchev–Trinajstić information content (AvgIpc) is 2.06. The van der Waals surface area contributed by atoms with E-state index in [4.69, 9.17) is 4.55 Å². The summed E-state index contributed by atoms with van der Waals surface area (Å²) >= 11 is 0. The SMILES string of the molecule is CCC(C)S(=O)(=O)O.F[B-](F)(F)F.F[B-](F)(F)F.F[B-](F)(F)F.[H-].[Li+]. The van der Waals surface area contributed by atoms with E-state index in [1.54, 1.807) is 6.92 Å². The predicted molar refractivity (Wildman–Crippen MR) is 63.0 cm³/mol. The fraction of sp³-hybridized carbons (Fsp3) is 1.00. The first-order valence-electron chi connectivity index (χ1n) is 5.06. The third kappa shape index (κ3) is 154. The molecule has 1 unspecified atom stereocenters. The molecule has 0 aromatic carbocycles. The van der Waals surface area contributed by atoms with E-state index in [2.05, 4.69) is 0 Å². The van der Waals surface area contributed by atoms with Crippen molar-refractivity contribution in [1.82, 2.24) is 0 Å². The topological polar surface area (TPSA) is 54.4 Å². The third-order valence-electron chi connectivity index (χ3n) is 1.08. The first-order chi connectivity index (χ1) is 9.48. The Morgan fingerprint density at radius 3 is 0.917 bits per heavy atom. The van der Waals surface area contributed by atoms with Crippen molar-refractivity contribution in [1.29, 1.82) is 0 Å². The van der Waals surface area contributed by atoms with E-state index in [1.165, 1.54) is 6.92 Å². The molecule has 1 N–H and O–H groups in total. The summed E-state index contributed by atoms with van der Waals surface area (Å²) in [5.74, 6) is 0. The number of rotatable bonds is 2. The Balaban J connectivity index is -0.0000000481. The summed E-state index contributed by atoms with van der Waals surface area (Å²) in [5.41, 5.74) is 0. The number of hydrogen-bond donors (Lipinski definition) is 1. The second kappa shape index (κ2) is 14.1. The first kappa shape index (κ1) is 35.1. The maximum absolute atomic E-state index is 10.1. The minimum absolute atomic E-state index is 0. The molecule has 0 aromatic heterocycles. The molecule has 0 aliphatic rings. The van der Waals surface area contributed by atoms with Gasteiger partial charge in [0.1, 0.15) is 0 Å². The van der Waals surface area contributed by atoms with Crippen LogP contribution in [-0.2, 0) is 10.1 Å². The molecule has 0 saturated heterocycles. The maximum Gasteiger partial charge on any atom is 1.00 e. The Morgan fingerprint density at radius 1 is 0.792 bits per heavy atom. The standard InChI is InChI=1S/C4H10O3S.3BF4.Li.H/c1-3-4(2)8(5,6)7;3*2-1(3,4)5;;/h4H,3H2,1-2H3,(H,5,6,7);;;;;/q;3*-1;+1;-1. The molecule has 0 amide bonds. The van der Waals surface area contributed by atoms with Crippen LogP contribution in [0.2, 0.25) is 0 Å². The van der Waals surface area contributed by atoms with Crippen LogP contribution < -0.4 is 18.9 Å². The quantitative estimate of drug-likeness (QED) is 0.431. The summed E-state index contributed by atoms with van der Waals surface area (Å²) in [6, 6.07) is 0. The van der Waals surface area contributed by atoms with Crippen LogP contribution in [0.3, 0.4) is 0 Å². The average molecular weight is 407 g/mol. The van der Waals surface area contributed by atoms with E-state index in [1.807, 2.05) is 0 Å². The second-order valence-electron chi connectivity index (χ2n) is 3.22. The second-order valence-corrected chi connectivity index (χ2v) is 5.05. The molecule has 24 heavy (non-hydrogen) atoms. The zero-order chi connectivity index (χ0) is 20.3. The molecule has 0 fully saturated rings. The van der Waals surface area contributed by atoms with Crippen LogP contribution in [0.25, 0.3) is 0 Å². The van der Waals surface area contributed by atoms with Gasteiger partial charge in [-0.25, -0.2) is 0 Å². The van der Waals surface area contributed by atoms with Crippen molar-refractivity contribution < 1.29 is 85.0 Å². The molecule has 3 nitrogen and oxygen atoms in total. The minimum Gasteiger partial charge on any atom is -1.00 e. The molecule has 1 atom stereocenters. The van der Waals surface area contributed by atoms with Crippen molar-refractivity contribution in [2.75, 3.05) is 0 Å². The molecule has 0 spiro atoms. The molecule has 20 heteroatoms. The van der Waals surface area contributed by atoms with Crippen LogP contribution in [0.5, 0.6) is 0 Å². The van der Waals surface area contributed by atoms with E-state index in [9.17, 15) is 60.2 Å². The van der Waals surface area contributed by atoms with Gasteiger partial charge in [0, 0.05) is 0 Å². The van der Waals surface area contributed by atoms with Gasteiger partial charge < -0.3 is 53.2 Å². The van der Waals surface area contributed by atoms with Gasteiger partial charge in [0.15, 0.2) is 0 Å². The van der Waals surface area contributed by atoms with E-state index in [0.717, 1.165) is 0 Å². The smallest absolute Gasteiger partial charge is 1.00 e. The summed E-state index contributed by atoms with van der Waals surface area (Å²) in [7, 11) is -21.8. The Hall–Kier alpha value is -0.138. The molecular weight excluding hydrogens is 395 g/mol. The maximum atomic E-state index is 10.1. The van der Waals surface area contributed by atoms with E-state index in [-0.39, 0.29) is 20.3 Å². The van der Waals surface area contributed by atoms with Gasteiger partial charge in [0.05, 0.1) is 5.25 Å². The van der Waals surface area contributed by atoms with Gasteiger partial charge in [-0.15, -0.1) is 0 Å². The van der Waals surface area contributed by atoms with Gasteiger partial charge in [-0.2, -0.15) is 8.42 Å². The van der Waals surface area contributed by atoms with Crippen LogP contribution in [0.1, 0.15) is 21.7 Å². The minimum atomic E-state index is -6.00. The van der Waals surface area contributed by atoms with Gasteiger partial charge in [-0.3, -0.25) is 4.55 Å². The monoisotopic (exact) mass is 407 g/mol. The normalized spacial score (nSPS) is 12.8. The van der Waals surface area contributed by atoms with Crippen molar-refractivity contribution in [3.63, 3.8) is 0 Å². The predicted octanol–water partition coefficient (Wildman–Crippen LogP) is 1.69. The van der Waals surface area contributed by atoms with Crippen molar-refractivity contribution >= 4 is 31.9 Å². The summed E-state index contributed by atoms with van der Waals surface area (Å²) in [4.78, 5) is 0. The van der Waals surface area contributed by atoms with Gasteiger partial charge in [-0.1, -0.05) is 6.92 Å². The fourth-order valence-corrected chi connectivity index (χ4v) is 0.632. The van der Waals surface area contributed by atoms with Crippen LogP contribution in [-0.4, -0.2) is 40.0 Å². The van der Waals surface area contributed by atoms with Gasteiger partial charge in [-0.05, 0) is 13.3 Å².